The monoisotopic (exact) mass is 389 g/mol. The largest absolute Gasteiger partial charge is 0.496 e. The van der Waals surface area contributed by atoms with E-state index in [0.29, 0.717) is 6.54 Å². The highest BCUT2D eigenvalue weighted by Crippen LogP contribution is 2.31. The molecule has 2 rings (SSSR count). The van der Waals surface area contributed by atoms with Crippen LogP contribution in [-0.4, -0.2) is 26.7 Å². The fourth-order valence-corrected chi connectivity index (χ4v) is 2.05. The first-order valence-electron chi connectivity index (χ1n) is 6.90. The average Bonchev–Trinajstić information content (AvgIpc) is 3.27. The van der Waals surface area contributed by atoms with Crippen molar-refractivity contribution in [1.29, 1.82) is 0 Å². The number of methoxy groups -OCH3 is 1. The standard InChI is InChI=1S/C15H23N3O.HI/c1-16-15(17-10-9-12-7-8-12)18-11-13-5-3-4-6-14(13)19-2;/h3-6,12H,7-11H2,1-2H3,(H2,16,17,18);1H. The van der Waals surface area contributed by atoms with Crippen LogP contribution in [-0.2, 0) is 6.54 Å². The molecule has 0 aromatic heterocycles. The zero-order valence-corrected chi connectivity index (χ0v) is 14.5. The minimum atomic E-state index is 0. The zero-order chi connectivity index (χ0) is 13.5. The number of rotatable bonds is 6. The lowest BCUT2D eigenvalue weighted by molar-refractivity contribution is 0.409. The number of benzene rings is 1. The van der Waals surface area contributed by atoms with E-state index in [1.165, 1.54) is 19.3 Å². The van der Waals surface area contributed by atoms with E-state index in [4.69, 9.17) is 4.74 Å². The van der Waals surface area contributed by atoms with Crippen molar-refractivity contribution in [3.05, 3.63) is 29.8 Å². The van der Waals surface area contributed by atoms with Gasteiger partial charge in [-0.05, 0) is 18.4 Å². The molecule has 1 saturated carbocycles. The second-order valence-corrected chi connectivity index (χ2v) is 4.90. The molecular weight excluding hydrogens is 365 g/mol. The third-order valence-electron chi connectivity index (χ3n) is 3.40. The summed E-state index contributed by atoms with van der Waals surface area (Å²) in [6.07, 6.45) is 4.04. The van der Waals surface area contributed by atoms with Gasteiger partial charge in [0.25, 0.3) is 0 Å². The highest BCUT2D eigenvalue weighted by molar-refractivity contribution is 14.0. The lowest BCUT2D eigenvalue weighted by atomic mass is 10.2. The number of aliphatic imine (C=N–C) groups is 1. The quantitative estimate of drug-likeness (QED) is 0.447. The fourth-order valence-electron chi connectivity index (χ4n) is 2.05. The van der Waals surface area contributed by atoms with Gasteiger partial charge in [-0.25, -0.2) is 0 Å². The number of ether oxygens (including phenoxy) is 1. The third-order valence-corrected chi connectivity index (χ3v) is 3.40. The van der Waals surface area contributed by atoms with Crippen molar-refractivity contribution in [2.75, 3.05) is 20.7 Å². The van der Waals surface area contributed by atoms with Gasteiger partial charge in [0, 0.05) is 25.7 Å². The van der Waals surface area contributed by atoms with Gasteiger partial charge >= 0.3 is 0 Å². The van der Waals surface area contributed by atoms with Gasteiger partial charge in [0.2, 0.25) is 0 Å². The van der Waals surface area contributed by atoms with Crippen molar-refractivity contribution in [2.24, 2.45) is 10.9 Å². The SMILES string of the molecule is CN=C(NCCC1CC1)NCc1ccccc1OC.I. The molecule has 1 fully saturated rings. The van der Waals surface area contributed by atoms with Gasteiger partial charge in [0.1, 0.15) is 5.75 Å². The molecule has 4 nitrogen and oxygen atoms in total. The van der Waals surface area contributed by atoms with E-state index < -0.39 is 0 Å². The molecule has 20 heavy (non-hydrogen) atoms. The fraction of sp³-hybridized carbons (Fsp3) is 0.533. The van der Waals surface area contributed by atoms with Gasteiger partial charge in [-0.2, -0.15) is 0 Å². The minimum absolute atomic E-state index is 0. The van der Waals surface area contributed by atoms with Crippen LogP contribution in [0, 0.1) is 5.92 Å². The number of guanidine groups is 1. The minimum Gasteiger partial charge on any atom is -0.496 e. The molecule has 1 aliphatic rings. The predicted molar refractivity (Wildman–Crippen MR) is 94.0 cm³/mol. The summed E-state index contributed by atoms with van der Waals surface area (Å²) in [6, 6.07) is 8.03. The second-order valence-electron chi connectivity index (χ2n) is 4.90. The smallest absolute Gasteiger partial charge is 0.191 e. The maximum Gasteiger partial charge on any atom is 0.191 e. The van der Waals surface area contributed by atoms with Crippen LogP contribution in [0.4, 0.5) is 0 Å². The Bertz CT molecular complexity index is 433. The molecule has 112 valence electrons. The lowest BCUT2D eigenvalue weighted by Gasteiger charge is -2.13. The number of para-hydroxylation sites is 1. The van der Waals surface area contributed by atoms with Gasteiger partial charge < -0.3 is 15.4 Å². The molecule has 0 amide bonds. The summed E-state index contributed by atoms with van der Waals surface area (Å²) in [7, 11) is 3.50. The summed E-state index contributed by atoms with van der Waals surface area (Å²) in [4.78, 5) is 4.23. The molecule has 5 heteroatoms. The Morgan fingerprint density at radius 3 is 2.70 bits per heavy atom. The van der Waals surface area contributed by atoms with Crippen molar-refractivity contribution in [1.82, 2.24) is 10.6 Å². The lowest BCUT2D eigenvalue weighted by Crippen LogP contribution is -2.37. The molecule has 0 unspecified atom stereocenters. The molecule has 0 aliphatic heterocycles. The Hall–Kier alpha value is -0.980. The molecule has 1 aliphatic carbocycles. The maximum absolute atomic E-state index is 5.33. The maximum atomic E-state index is 5.33. The predicted octanol–water partition coefficient (Wildman–Crippen LogP) is 2.78. The highest BCUT2D eigenvalue weighted by atomic mass is 127. The number of hydrogen-bond acceptors (Lipinski definition) is 2. The molecule has 0 atom stereocenters. The zero-order valence-electron chi connectivity index (χ0n) is 12.2. The Morgan fingerprint density at radius 2 is 2.05 bits per heavy atom. The summed E-state index contributed by atoms with van der Waals surface area (Å²) in [5.41, 5.74) is 1.13. The van der Waals surface area contributed by atoms with Crippen LogP contribution in [0.3, 0.4) is 0 Å². The van der Waals surface area contributed by atoms with E-state index in [1.54, 1.807) is 14.2 Å². The van der Waals surface area contributed by atoms with Crippen LogP contribution in [0.2, 0.25) is 0 Å². The van der Waals surface area contributed by atoms with E-state index in [9.17, 15) is 0 Å². The Labute approximate surface area is 138 Å². The second kappa shape index (κ2) is 9.05. The summed E-state index contributed by atoms with van der Waals surface area (Å²) in [5, 5.41) is 6.66. The first-order valence-corrected chi connectivity index (χ1v) is 6.90. The average molecular weight is 389 g/mol. The van der Waals surface area contributed by atoms with E-state index in [2.05, 4.69) is 21.7 Å². The highest BCUT2D eigenvalue weighted by Gasteiger charge is 2.20. The number of halogens is 1. The van der Waals surface area contributed by atoms with E-state index in [-0.39, 0.29) is 24.0 Å². The first kappa shape index (κ1) is 17.1. The Balaban J connectivity index is 0.00000200. The van der Waals surface area contributed by atoms with Crippen LogP contribution in [0.5, 0.6) is 5.75 Å². The summed E-state index contributed by atoms with van der Waals surface area (Å²) in [6.45, 7) is 1.71. The van der Waals surface area contributed by atoms with E-state index in [0.717, 1.165) is 29.7 Å². The summed E-state index contributed by atoms with van der Waals surface area (Å²) >= 11 is 0. The molecular formula is C15H24IN3O. The van der Waals surface area contributed by atoms with Crippen molar-refractivity contribution in [2.45, 2.75) is 25.8 Å². The molecule has 1 aromatic rings. The van der Waals surface area contributed by atoms with E-state index in [1.807, 2.05) is 18.2 Å². The molecule has 0 saturated heterocycles. The van der Waals surface area contributed by atoms with Crippen LogP contribution in [0.1, 0.15) is 24.8 Å². The van der Waals surface area contributed by atoms with Crippen molar-refractivity contribution < 1.29 is 4.74 Å². The molecule has 1 aromatic carbocycles. The summed E-state index contributed by atoms with van der Waals surface area (Å²) < 4.78 is 5.33. The normalized spacial score (nSPS) is 14.4. The number of nitrogens with zero attached hydrogens (tertiary/aromatic N) is 1. The van der Waals surface area contributed by atoms with Crippen LogP contribution >= 0.6 is 24.0 Å². The molecule has 2 N–H and O–H groups in total. The van der Waals surface area contributed by atoms with Gasteiger partial charge in [-0.3, -0.25) is 4.99 Å². The van der Waals surface area contributed by atoms with Gasteiger partial charge in [0.15, 0.2) is 5.96 Å². The van der Waals surface area contributed by atoms with Gasteiger partial charge in [0.05, 0.1) is 7.11 Å². The topological polar surface area (TPSA) is 45.7 Å². The van der Waals surface area contributed by atoms with Crippen LogP contribution in [0.15, 0.2) is 29.3 Å². The van der Waals surface area contributed by atoms with Crippen LogP contribution in [0.25, 0.3) is 0 Å². The third kappa shape index (κ3) is 5.56. The van der Waals surface area contributed by atoms with Crippen molar-refractivity contribution in [3.8, 4) is 5.75 Å². The molecule has 0 radical (unpaired) electrons. The van der Waals surface area contributed by atoms with Crippen molar-refractivity contribution in [3.63, 3.8) is 0 Å². The van der Waals surface area contributed by atoms with Crippen molar-refractivity contribution >= 4 is 29.9 Å². The number of nitrogens with one attached hydrogen (secondary N) is 2. The summed E-state index contributed by atoms with van der Waals surface area (Å²) in [5.74, 6) is 2.70. The van der Waals surface area contributed by atoms with Crippen LogP contribution < -0.4 is 15.4 Å². The van der Waals surface area contributed by atoms with Gasteiger partial charge in [-0.1, -0.05) is 31.0 Å². The Morgan fingerprint density at radius 1 is 1.30 bits per heavy atom. The number of hydrogen-bond donors (Lipinski definition) is 2. The Kier molecular flexibility index (Phi) is 7.72. The molecule has 0 bridgehead atoms. The van der Waals surface area contributed by atoms with E-state index >= 15 is 0 Å². The first-order chi connectivity index (χ1) is 9.33. The molecule has 0 heterocycles. The molecule has 0 spiro atoms. The van der Waals surface area contributed by atoms with Gasteiger partial charge in [-0.15, -0.1) is 24.0 Å².